The van der Waals surface area contributed by atoms with Crippen LogP contribution in [0.15, 0.2) is 79.4 Å². The number of nitrogens with one attached hydrogen (secondary N) is 1. The minimum Gasteiger partial charge on any atom is -0.345 e. The number of hydrogen-bond donors (Lipinski definition) is 1. The number of benzene rings is 1. The minimum absolute atomic E-state index is 0.0181. The zero-order valence-corrected chi connectivity index (χ0v) is 13.3. The molecular formula is C20H19N3O. The molecule has 4 heteroatoms. The van der Waals surface area contributed by atoms with Gasteiger partial charge in [0, 0.05) is 31.2 Å². The molecule has 0 saturated carbocycles. The first kappa shape index (κ1) is 15.9. The fraction of sp³-hybridized carbons (Fsp3) is 0.150. The molecule has 0 aliphatic carbocycles. The quantitative estimate of drug-likeness (QED) is 0.759. The Morgan fingerprint density at radius 1 is 0.875 bits per heavy atom. The van der Waals surface area contributed by atoms with Crippen LogP contribution < -0.4 is 5.32 Å². The maximum atomic E-state index is 12.4. The molecule has 0 bridgehead atoms. The van der Waals surface area contributed by atoms with Crippen molar-refractivity contribution in [2.24, 2.45) is 0 Å². The van der Waals surface area contributed by atoms with E-state index in [0.717, 1.165) is 16.7 Å². The predicted octanol–water partition coefficient (Wildman–Crippen LogP) is 3.32. The molecule has 2 heterocycles. The van der Waals surface area contributed by atoms with Crippen LogP contribution in [-0.2, 0) is 11.2 Å². The molecule has 24 heavy (non-hydrogen) atoms. The lowest BCUT2D eigenvalue weighted by Crippen LogP contribution is -2.29. The Balaban J connectivity index is 1.71. The summed E-state index contributed by atoms with van der Waals surface area (Å²) in [7, 11) is 0. The Labute approximate surface area is 141 Å². The van der Waals surface area contributed by atoms with Crippen LogP contribution in [0, 0.1) is 0 Å². The van der Waals surface area contributed by atoms with Crippen molar-refractivity contribution in [2.75, 3.05) is 0 Å². The standard InChI is InChI=1S/C20H19N3O/c24-19(9-8-16-5-4-12-22-15-16)23-20(17-6-2-1-3-7-17)18-10-13-21-14-11-18/h1-7,10-15,20H,8-9H2,(H,23,24). The number of hydrogen-bond acceptors (Lipinski definition) is 3. The molecule has 3 rings (SSSR count). The average molecular weight is 317 g/mol. The topological polar surface area (TPSA) is 54.9 Å². The van der Waals surface area contributed by atoms with Crippen LogP contribution in [-0.4, -0.2) is 15.9 Å². The van der Waals surface area contributed by atoms with Crippen LogP contribution >= 0.6 is 0 Å². The van der Waals surface area contributed by atoms with E-state index in [1.807, 2.05) is 54.6 Å². The number of carbonyl (C=O) groups excluding carboxylic acids is 1. The van der Waals surface area contributed by atoms with Crippen molar-refractivity contribution in [3.05, 3.63) is 96.1 Å². The van der Waals surface area contributed by atoms with Crippen molar-refractivity contribution in [1.82, 2.24) is 15.3 Å². The molecule has 0 saturated heterocycles. The van der Waals surface area contributed by atoms with Gasteiger partial charge < -0.3 is 5.32 Å². The zero-order valence-electron chi connectivity index (χ0n) is 13.3. The minimum atomic E-state index is -0.171. The van der Waals surface area contributed by atoms with Crippen LogP contribution in [0.2, 0.25) is 0 Å². The highest BCUT2D eigenvalue weighted by Gasteiger charge is 2.16. The second-order valence-corrected chi connectivity index (χ2v) is 5.55. The van der Waals surface area contributed by atoms with Gasteiger partial charge in [0.15, 0.2) is 0 Å². The van der Waals surface area contributed by atoms with Crippen LogP contribution in [0.4, 0.5) is 0 Å². The molecule has 0 aliphatic heterocycles. The molecule has 1 atom stereocenters. The highest BCUT2D eigenvalue weighted by Crippen LogP contribution is 2.21. The third kappa shape index (κ3) is 4.26. The molecule has 1 amide bonds. The zero-order chi connectivity index (χ0) is 16.6. The van der Waals surface area contributed by atoms with Gasteiger partial charge in [-0.05, 0) is 41.3 Å². The number of aryl methyl sites for hydroxylation is 1. The summed E-state index contributed by atoms with van der Waals surface area (Å²) in [4.78, 5) is 20.6. The Morgan fingerprint density at radius 3 is 2.33 bits per heavy atom. The van der Waals surface area contributed by atoms with Crippen molar-refractivity contribution in [3.8, 4) is 0 Å². The van der Waals surface area contributed by atoms with E-state index < -0.39 is 0 Å². The van der Waals surface area contributed by atoms with E-state index in [1.54, 1.807) is 24.8 Å². The fourth-order valence-corrected chi connectivity index (χ4v) is 2.60. The molecule has 0 fully saturated rings. The van der Waals surface area contributed by atoms with E-state index in [0.29, 0.717) is 12.8 Å². The van der Waals surface area contributed by atoms with Gasteiger partial charge >= 0.3 is 0 Å². The summed E-state index contributed by atoms with van der Waals surface area (Å²) < 4.78 is 0. The van der Waals surface area contributed by atoms with Crippen molar-refractivity contribution in [2.45, 2.75) is 18.9 Å². The molecule has 1 N–H and O–H groups in total. The third-order valence-corrected chi connectivity index (χ3v) is 3.84. The van der Waals surface area contributed by atoms with Crippen LogP contribution in [0.5, 0.6) is 0 Å². The van der Waals surface area contributed by atoms with Crippen molar-refractivity contribution >= 4 is 5.91 Å². The van der Waals surface area contributed by atoms with Crippen LogP contribution in [0.3, 0.4) is 0 Å². The summed E-state index contributed by atoms with van der Waals surface area (Å²) in [5.74, 6) is 0.0181. The molecular weight excluding hydrogens is 298 g/mol. The number of pyridine rings is 2. The fourth-order valence-electron chi connectivity index (χ4n) is 2.60. The lowest BCUT2D eigenvalue weighted by atomic mass is 9.99. The number of carbonyl (C=O) groups is 1. The Hall–Kier alpha value is -3.01. The summed E-state index contributed by atoms with van der Waals surface area (Å²) in [5, 5.41) is 3.13. The first-order valence-corrected chi connectivity index (χ1v) is 7.96. The monoisotopic (exact) mass is 317 g/mol. The van der Waals surface area contributed by atoms with Crippen LogP contribution in [0.25, 0.3) is 0 Å². The second kappa shape index (κ2) is 8.02. The molecule has 1 unspecified atom stereocenters. The largest absolute Gasteiger partial charge is 0.345 e. The van der Waals surface area contributed by atoms with Crippen molar-refractivity contribution < 1.29 is 4.79 Å². The molecule has 1 aromatic carbocycles. The maximum Gasteiger partial charge on any atom is 0.221 e. The summed E-state index contributed by atoms with van der Waals surface area (Å²) in [6.07, 6.45) is 8.13. The van der Waals surface area contributed by atoms with E-state index in [9.17, 15) is 4.79 Å². The molecule has 2 aromatic heterocycles. The van der Waals surface area contributed by atoms with Crippen molar-refractivity contribution in [1.29, 1.82) is 0 Å². The van der Waals surface area contributed by atoms with Gasteiger partial charge in [-0.1, -0.05) is 36.4 Å². The van der Waals surface area contributed by atoms with Gasteiger partial charge in [0.05, 0.1) is 6.04 Å². The Bertz CT molecular complexity index is 721. The van der Waals surface area contributed by atoms with E-state index in [1.165, 1.54) is 0 Å². The normalized spacial score (nSPS) is 11.7. The van der Waals surface area contributed by atoms with E-state index >= 15 is 0 Å². The number of aromatic nitrogens is 2. The summed E-state index contributed by atoms with van der Waals surface area (Å²) >= 11 is 0. The first-order chi connectivity index (χ1) is 11.8. The first-order valence-electron chi connectivity index (χ1n) is 7.96. The number of nitrogens with zero attached hydrogens (tertiary/aromatic N) is 2. The Morgan fingerprint density at radius 2 is 1.62 bits per heavy atom. The average Bonchev–Trinajstić information content (AvgIpc) is 2.67. The molecule has 0 aliphatic rings. The van der Waals surface area contributed by atoms with E-state index in [-0.39, 0.29) is 11.9 Å². The molecule has 4 nitrogen and oxygen atoms in total. The lowest BCUT2D eigenvalue weighted by molar-refractivity contribution is -0.121. The maximum absolute atomic E-state index is 12.4. The van der Waals surface area contributed by atoms with Gasteiger partial charge in [-0.3, -0.25) is 14.8 Å². The molecule has 3 aromatic rings. The SMILES string of the molecule is O=C(CCc1cccnc1)NC(c1ccccc1)c1ccncc1. The summed E-state index contributed by atoms with van der Waals surface area (Å²) in [5.41, 5.74) is 3.14. The molecule has 0 radical (unpaired) electrons. The van der Waals surface area contributed by atoms with E-state index in [2.05, 4.69) is 15.3 Å². The van der Waals surface area contributed by atoms with Gasteiger partial charge in [-0.2, -0.15) is 0 Å². The van der Waals surface area contributed by atoms with Gasteiger partial charge in [-0.15, -0.1) is 0 Å². The number of rotatable bonds is 6. The molecule has 120 valence electrons. The second-order valence-electron chi connectivity index (χ2n) is 5.55. The van der Waals surface area contributed by atoms with Crippen LogP contribution in [0.1, 0.15) is 29.2 Å². The third-order valence-electron chi connectivity index (χ3n) is 3.84. The lowest BCUT2D eigenvalue weighted by Gasteiger charge is -2.19. The number of amides is 1. The van der Waals surface area contributed by atoms with Gasteiger partial charge in [0.2, 0.25) is 5.91 Å². The summed E-state index contributed by atoms with van der Waals surface area (Å²) in [6.45, 7) is 0. The van der Waals surface area contributed by atoms with Gasteiger partial charge in [-0.25, -0.2) is 0 Å². The van der Waals surface area contributed by atoms with Gasteiger partial charge in [0.25, 0.3) is 0 Å². The van der Waals surface area contributed by atoms with Crippen molar-refractivity contribution in [3.63, 3.8) is 0 Å². The molecule has 0 spiro atoms. The van der Waals surface area contributed by atoms with Gasteiger partial charge in [0.1, 0.15) is 0 Å². The highest BCUT2D eigenvalue weighted by molar-refractivity contribution is 5.77. The predicted molar refractivity (Wildman–Crippen MR) is 93.2 cm³/mol. The smallest absolute Gasteiger partial charge is 0.221 e. The summed E-state index contributed by atoms with van der Waals surface area (Å²) in [6, 6.07) is 17.5. The highest BCUT2D eigenvalue weighted by atomic mass is 16.1. The van der Waals surface area contributed by atoms with E-state index in [4.69, 9.17) is 0 Å². The Kier molecular flexibility index (Phi) is 5.30.